The van der Waals surface area contributed by atoms with Gasteiger partial charge in [-0.1, -0.05) is 36.4 Å². The standard InChI is InChI=1S/2C24H26FN5O.ClH/c2*1-3-30-20-7-5-4-6-15(20)13-22(30)23-27-19-12-16(8-9-21(19)28(23)2)24(31)29-11-10-17(25)18(26)14-29;/h2*4-9,12-13,17-18H,3,10-11,14,26H2,1-2H3;1H/t2*17-,18+;/m00./s1. The van der Waals surface area contributed by atoms with Crippen molar-refractivity contribution >= 4 is 68.1 Å². The molecule has 12 nitrogen and oxygen atoms in total. The number of benzene rings is 4. The highest BCUT2D eigenvalue weighted by Crippen LogP contribution is 2.32. The Labute approximate surface area is 370 Å². The van der Waals surface area contributed by atoms with Gasteiger partial charge in [0.1, 0.15) is 12.3 Å². The van der Waals surface area contributed by atoms with Crippen molar-refractivity contribution < 1.29 is 18.4 Å². The monoisotopic (exact) mass is 874 g/mol. The fraction of sp³-hybridized carbons (Fsp3) is 0.333. The van der Waals surface area contributed by atoms with Gasteiger partial charge in [0.15, 0.2) is 11.6 Å². The smallest absolute Gasteiger partial charge is 0.253 e. The molecule has 10 rings (SSSR count). The number of imidazole rings is 2. The molecule has 2 saturated heterocycles. The summed E-state index contributed by atoms with van der Waals surface area (Å²) in [7, 11) is 3.99. The van der Waals surface area contributed by atoms with Gasteiger partial charge < -0.3 is 39.5 Å². The lowest BCUT2D eigenvalue weighted by Crippen LogP contribution is -2.51. The molecule has 0 aliphatic carbocycles. The summed E-state index contributed by atoms with van der Waals surface area (Å²) in [5, 5.41) is 2.35. The fourth-order valence-corrected chi connectivity index (χ4v) is 9.24. The Hall–Kier alpha value is -6.09. The van der Waals surface area contributed by atoms with E-state index in [4.69, 9.17) is 21.4 Å². The molecule has 4 aromatic heterocycles. The van der Waals surface area contributed by atoms with Gasteiger partial charge in [0.2, 0.25) is 0 Å². The van der Waals surface area contributed by atoms with Crippen molar-refractivity contribution in [2.75, 3.05) is 26.2 Å². The van der Waals surface area contributed by atoms with Crippen LogP contribution in [0.15, 0.2) is 97.1 Å². The highest BCUT2D eigenvalue weighted by Gasteiger charge is 2.31. The number of fused-ring (bicyclic) bond motifs is 4. The van der Waals surface area contributed by atoms with Gasteiger partial charge in [0.05, 0.1) is 45.5 Å². The molecular formula is C48H53ClF2N10O2. The second kappa shape index (κ2) is 17.6. The number of likely N-dealkylation sites (tertiary alicyclic amines) is 2. The third kappa shape index (κ3) is 7.85. The van der Waals surface area contributed by atoms with E-state index in [0.29, 0.717) is 24.2 Å². The Kier molecular flexibility index (Phi) is 12.2. The number of alkyl halides is 2. The Morgan fingerprint density at radius 1 is 0.603 bits per heavy atom. The minimum Gasteiger partial charge on any atom is -0.338 e. The first-order chi connectivity index (χ1) is 29.9. The molecule has 2 fully saturated rings. The van der Waals surface area contributed by atoms with Crippen LogP contribution in [0.1, 0.15) is 47.4 Å². The molecule has 4 N–H and O–H groups in total. The van der Waals surface area contributed by atoms with Gasteiger partial charge in [-0.25, -0.2) is 18.7 Å². The number of piperidine rings is 2. The van der Waals surface area contributed by atoms with E-state index in [1.165, 1.54) is 21.8 Å². The molecule has 0 bridgehead atoms. The first-order valence-corrected chi connectivity index (χ1v) is 21.4. The maximum absolute atomic E-state index is 13.7. The molecule has 15 heteroatoms. The van der Waals surface area contributed by atoms with Gasteiger partial charge in [-0.15, -0.1) is 12.4 Å². The van der Waals surface area contributed by atoms with Crippen LogP contribution in [-0.4, -0.2) is 100 Å². The van der Waals surface area contributed by atoms with Gasteiger partial charge in [-0.2, -0.15) is 0 Å². The number of nitrogens with two attached hydrogens (primary N) is 2. The van der Waals surface area contributed by atoms with Crippen LogP contribution in [0, 0.1) is 0 Å². The minimum absolute atomic E-state index is 0. The minimum atomic E-state index is -1.05. The van der Waals surface area contributed by atoms with Crippen LogP contribution in [0.5, 0.6) is 0 Å². The molecule has 4 atom stereocenters. The molecule has 2 amide bonds. The van der Waals surface area contributed by atoms with E-state index in [1.807, 2.05) is 74.8 Å². The normalized spacial score (nSPS) is 19.1. The van der Waals surface area contributed by atoms with Crippen molar-refractivity contribution in [2.45, 2.75) is 64.2 Å². The number of amides is 2. The molecule has 0 radical (unpaired) electrons. The van der Waals surface area contributed by atoms with Crippen LogP contribution in [0.3, 0.4) is 0 Å². The number of aromatic nitrogens is 6. The number of aryl methyl sites for hydroxylation is 4. The Morgan fingerprint density at radius 3 is 1.38 bits per heavy atom. The van der Waals surface area contributed by atoms with Crippen molar-refractivity contribution in [3.05, 3.63) is 108 Å². The molecule has 8 aromatic rings. The van der Waals surface area contributed by atoms with E-state index >= 15 is 0 Å². The first kappa shape index (κ1) is 43.6. The molecule has 4 aromatic carbocycles. The summed E-state index contributed by atoms with van der Waals surface area (Å²) in [6.45, 7) is 7.16. The van der Waals surface area contributed by atoms with Gasteiger partial charge in [0.25, 0.3) is 11.8 Å². The maximum Gasteiger partial charge on any atom is 0.253 e. The van der Waals surface area contributed by atoms with Crippen LogP contribution in [0.25, 0.3) is 66.9 Å². The summed E-state index contributed by atoms with van der Waals surface area (Å²) in [5.41, 5.74) is 20.7. The SMILES string of the molecule is CCn1c(-c2nc3cc(C(=O)N4CC[C@H](F)[C@H](N)C4)ccc3n2C)cc2ccccc21.CCn1c(-c2nc3cc(C(=O)N4CC[C@H](F)[C@H](N)C4)ccc3n2C)cc2ccccc21.Cl. The van der Waals surface area contributed by atoms with E-state index in [9.17, 15) is 18.4 Å². The number of para-hydroxylation sites is 2. The van der Waals surface area contributed by atoms with E-state index in [0.717, 1.165) is 58.2 Å². The summed E-state index contributed by atoms with van der Waals surface area (Å²) >= 11 is 0. The van der Waals surface area contributed by atoms with Gasteiger partial charge in [-0.05, 0) is 87.4 Å². The molecule has 63 heavy (non-hydrogen) atoms. The predicted octanol–water partition coefficient (Wildman–Crippen LogP) is 7.87. The van der Waals surface area contributed by atoms with Crippen LogP contribution in [0.2, 0.25) is 0 Å². The molecular weight excluding hydrogens is 822 g/mol. The largest absolute Gasteiger partial charge is 0.338 e. The van der Waals surface area contributed by atoms with E-state index in [1.54, 1.807) is 9.80 Å². The molecule has 0 saturated carbocycles. The Morgan fingerprint density at radius 2 is 1.00 bits per heavy atom. The average molecular weight is 875 g/mol. The molecule has 2 aliphatic rings. The molecule has 6 heterocycles. The van der Waals surface area contributed by atoms with Gasteiger partial charge in [0, 0.05) is 86.3 Å². The lowest BCUT2D eigenvalue weighted by Gasteiger charge is -2.33. The number of hydrogen-bond acceptors (Lipinski definition) is 6. The predicted molar refractivity (Wildman–Crippen MR) is 249 cm³/mol. The second-order valence-electron chi connectivity index (χ2n) is 16.5. The van der Waals surface area contributed by atoms with Gasteiger partial charge in [-0.3, -0.25) is 9.59 Å². The summed E-state index contributed by atoms with van der Waals surface area (Å²) < 4.78 is 36.0. The van der Waals surface area contributed by atoms with Crippen LogP contribution < -0.4 is 11.5 Å². The zero-order valence-electron chi connectivity index (χ0n) is 35.9. The Balaban J connectivity index is 0.000000170. The number of carbonyl (C=O) groups excluding carboxylic acids is 2. The second-order valence-corrected chi connectivity index (χ2v) is 16.5. The summed E-state index contributed by atoms with van der Waals surface area (Å²) in [5.74, 6) is 1.47. The van der Waals surface area contributed by atoms with Crippen LogP contribution in [0.4, 0.5) is 8.78 Å². The Bertz CT molecular complexity index is 2790. The molecule has 0 unspecified atom stereocenters. The van der Waals surface area contributed by atoms with Crippen molar-refractivity contribution in [2.24, 2.45) is 25.6 Å². The topological polar surface area (TPSA) is 138 Å². The third-order valence-electron chi connectivity index (χ3n) is 12.7. The molecule has 2 aliphatic heterocycles. The number of carbonyl (C=O) groups is 2. The lowest BCUT2D eigenvalue weighted by atomic mass is 10.0. The summed E-state index contributed by atoms with van der Waals surface area (Å²) in [4.78, 5) is 39.0. The summed E-state index contributed by atoms with van der Waals surface area (Å²) in [6.07, 6.45) is -1.53. The average Bonchev–Trinajstić information content (AvgIpc) is 4.04. The zero-order chi connectivity index (χ0) is 43.4. The van der Waals surface area contributed by atoms with E-state index in [2.05, 4.69) is 68.5 Å². The highest BCUT2D eigenvalue weighted by molar-refractivity contribution is 5.99. The number of rotatable bonds is 6. The van der Waals surface area contributed by atoms with E-state index in [-0.39, 0.29) is 50.2 Å². The first-order valence-electron chi connectivity index (χ1n) is 21.4. The van der Waals surface area contributed by atoms with Crippen molar-refractivity contribution in [3.63, 3.8) is 0 Å². The van der Waals surface area contributed by atoms with Crippen molar-refractivity contribution in [3.8, 4) is 23.0 Å². The van der Waals surface area contributed by atoms with Crippen molar-refractivity contribution in [1.29, 1.82) is 0 Å². The van der Waals surface area contributed by atoms with Gasteiger partial charge >= 0.3 is 0 Å². The molecule has 328 valence electrons. The van der Waals surface area contributed by atoms with Crippen LogP contribution >= 0.6 is 12.4 Å². The van der Waals surface area contributed by atoms with Crippen LogP contribution in [-0.2, 0) is 27.2 Å². The maximum atomic E-state index is 13.7. The number of hydrogen-bond donors (Lipinski definition) is 2. The highest BCUT2D eigenvalue weighted by atomic mass is 35.5. The third-order valence-corrected chi connectivity index (χ3v) is 12.7. The number of halogens is 3. The quantitative estimate of drug-likeness (QED) is 0.175. The molecule has 0 spiro atoms. The summed E-state index contributed by atoms with van der Waals surface area (Å²) in [6, 6.07) is 30.8. The number of nitrogens with zero attached hydrogens (tertiary/aromatic N) is 8. The fourth-order valence-electron chi connectivity index (χ4n) is 9.24. The zero-order valence-corrected chi connectivity index (χ0v) is 36.7. The lowest BCUT2D eigenvalue weighted by molar-refractivity contribution is 0.0622. The van der Waals surface area contributed by atoms with E-state index < -0.39 is 24.4 Å². The van der Waals surface area contributed by atoms with Crippen molar-refractivity contribution in [1.82, 2.24) is 38.0 Å².